The Kier molecular flexibility index (Phi) is 4.00. The maximum absolute atomic E-state index is 11.4. The zero-order valence-corrected chi connectivity index (χ0v) is 10.5. The summed E-state index contributed by atoms with van der Waals surface area (Å²) < 4.78 is 26.3. The van der Waals surface area contributed by atoms with E-state index in [1.54, 1.807) is 0 Å². The predicted molar refractivity (Wildman–Crippen MR) is 60.1 cm³/mol. The lowest BCUT2D eigenvalue weighted by atomic mass is 10.4. The maximum Gasteiger partial charge on any atom is 0.302 e. The van der Waals surface area contributed by atoms with E-state index in [4.69, 9.17) is 0 Å². The van der Waals surface area contributed by atoms with Crippen molar-refractivity contribution in [3.63, 3.8) is 0 Å². The van der Waals surface area contributed by atoms with Crippen LogP contribution in [0.25, 0.3) is 0 Å². The molecule has 1 aromatic rings. The molecule has 1 aromatic heterocycles. The molecule has 8 heteroatoms. The lowest BCUT2D eigenvalue weighted by molar-refractivity contribution is 0.526. The number of anilines is 1. The van der Waals surface area contributed by atoms with E-state index >= 15 is 0 Å². The van der Waals surface area contributed by atoms with Gasteiger partial charge in [-0.2, -0.15) is 12.7 Å². The maximum atomic E-state index is 11.4. The average Bonchev–Trinajstić information content (AvgIpc) is 2.52. The van der Waals surface area contributed by atoms with Crippen LogP contribution in [0.3, 0.4) is 0 Å². The van der Waals surface area contributed by atoms with Crippen LogP contribution in [0, 0.1) is 0 Å². The molecule has 0 amide bonds. The van der Waals surface area contributed by atoms with E-state index in [1.165, 1.54) is 25.4 Å². The SMILES string of the molecule is CCCc1nnc(NS(=O)(=O)N(C)C)s1. The Labute approximate surface area is 93.5 Å². The highest BCUT2D eigenvalue weighted by atomic mass is 32.2. The van der Waals surface area contributed by atoms with Crippen molar-refractivity contribution in [2.24, 2.45) is 0 Å². The third-order valence-corrected chi connectivity index (χ3v) is 4.07. The van der Waals surface area contributed by atoms with Gasteiger partial charge >= 0.3 is 10.2 Å². The fraction of sp³-hybridized carbons (Fsp3) is 0.714. The molecule has 0 aliphatic rings. The number of rotatable bonds is 5. The molecule has 0 aliphatic heterocycles. The summed E-state index contributed by atoms with van der Waals surface area (Å²) in [4.78, 5) is 0. The molecule has 6 nitrogen and oxygen atoms in total. The van der Waals surface area contributed by atoms with E-state index in [1.807, 2.05) is 6.92 Å². The van der Waals surface area contributed by atoms with Gasteiger partial charge in [-0.15, -0.1) is 10.2 Å². The van der Waals surface area contributed by atoms with Gasteiger partial charge in [-0.25, -0.2) is 4.72 Å². The molecule has 0 radical (unpaired) electrons. The van der Waals surface area contributed by atoms with Crippen molar-refractivity contribution in [1.82, 2.24) is 14.5 Å². The molecular formula is C7H14N4O2S2. The molecule has 0 saturated carbocycles. The number of hydrogen-bond donors (Lipinski definition) is 1. The van der Waals surface area contributed by atoms with Gasteiger partial charge in [0, 0.05) is 20.5 Å². The van der Waals surface area contributed by atoms with Crippen molar-refractivity contribution in [2.75, 3.05) is 18.8 Å². The van der Waals surface area contributed by atoms with Gasteiger partial charge in [0.2, 0.25) is 5.13 Å². The van der Waals surface area contributed by atoms with Gasteiger partial charge in [-0.05, 0) is 6.42 Å². The lowest BCUT2D eigenvalue weighted by Crippen LogP contribution is -2.28. The highest BCUT2D eigenvalue weighted by Gasteiger charge is 2.15. The molecule has 0 aromatic carbocycles. The van der Waals surface area contributed by atoms with Crippen molar-refractivity contribution in [3.05, 3.63) is 5.01 Å². The summed E-state index contributed by atoms with van der Waals surface area (Å²) in [5.74, 6) is 0. The Bertz CT molecular complexity index is 412. The summed E-state index contributed by atoms with van der Waals surface area (Å²) >= 11 is 1.26. The fourth-order valence-electron chi connectivity index (χ4n) is 0.811. The second kappa shape index (κ2) is 4.86. The molecule has 0 atom stereocenters. The third kappa shape index (κ3) is 3.40. The summed E-state index contributed by atoms with van der Waals surface area (Å²) in [7, 11) is -0.552. The quantitative estimate of drug-likeness (QED) is 0.835. The molecular weight excluding hydrogens is 236 g/mol. The number of aromatic nitrogens is 2. The Hall–Kier alpha value is -0.730. The van der Waals surface area contributed by atoms with E-state index in [-0.39, 0.29) is 0 Å². The Morgan fingerprint density at radius 1 is 1.40 bits per heavy atom. The smallest absolute Gasteiger partial charge is 0.244 e. The molecule has 0 spiro atoms. The molecule has 0 saturated heterocycles. The molecule has 86 valence electrons. The van der Waals surface area contributed by atoms with Crippen LogP contribution in [0.5, 0.6) is 0 Å². The second-order valence-corrected chi connectivity index (χ2v) is 6.09. The van der Waals surface area contributed by atoms with Gasteiger partial charge in [0.1, 0.15) is 5.01 Å². The molecule has 0 bridgehead atoms. The van der Waals surface area contributed by atoms with E-state index in [0.717, 1.165) is 22.2 Å². The minimum Gasteiger partial charge on any atom is -0.244 e. The molecule has 15 heavy (non-hydrogen) atoms. The zero-order chi connectivity index (χ0) is 11.5. The van der Waals surface area contributed by atoms with Crippen LogP contribution in [-0.2, 0) is 16.6 Å². The van der Waals surface area contributed by atoms with Crippen LogP contribution < -0.4 is 4.72 Å². The topological polar surface area (TPSA) is 75.2 Å². The van der Waals surface area contributed by atoms with Crippen LogP contribution in [-0.4, -0.2) is 37.0 Å². The minimum absolute atomic E-state index is 0.312. The Balaban J connectivity index is 2.73. The Morgan fingerprint density at radius 2 is 2.07 bits per heavy atom. The monoisotopic (exact) mass is 250 g/mol. The molecule has 1 N–H and O–H groups in total. The molecule has 1 rings (SSSR count). The number of nitrogens with one attached hydrogen (secondary N) is 1. The van der Waals surface area contributed by atoms with Crippen molar-refractivity contribution in [3.8, 4) is 0 Å². The minimum atomic E-state index is -3.46. The highest BCUT2D eigenvalue weighted by molar-refractivity contribution is 7.90. The van der Waals surface area contributed by atoms with Crippen molar-refractivity contribution >= 4 is 26.7 Å². The molecule has 0 aliphatic carbocycles. The van der Waals surface area contributed by atoms with Crippen molar-refractivity contribution in [1.29, 1.82) is 0 Å². The number of hydrogen-bond acceptors (Lipinski definition) is 5. The van der Waals surface area contributed by atoms with Gasteiger partial charge in [-0.3, -0.25) is 0 Å². The first-order valence-electron chi connectivity index (χ1n) is 4.48. The van der Waals surface area contributed by atoms with Gasteiger partial charge in [0.25, 0.3) is 0 Å². The lowest BCUT2D eigenvalue weighted by Gasteiger charge is -2.10. The van der Waals surface area contributed by atoms with Crippen LogP contribution in [0.4, 0.5) is 5.13 Å². The number of nitrogens with zero attached hydrogens (tertiary/aromatic N) is 3. The highest BCUT2D eigenvalue weighted by Crippen LogP contribution is 2.17. The first-order chi connectivity index (χ1) is 6.95. The van der Waals surface area contributed by atoms with Crippen LogP contribution >= 0.6 is 11.3 Å². The summed E-state index contributed by atoms with van der Waals surface area (Å²) in [5, 5.41) is 8.78. The predicted octanol–water partition coefficient (Wildman–Crippen LogP) is 0.709. The zero-order valence-electron chi connectivity index (χ0n) is 8.89. The average molecular weight is 250 g/mol. The summed E-state index contributed by atoms with van der Waals surface area (Å²) in [5.41, 5.74) is 0. The van der Waals surface area contributed by atoms with E-state index < -0.39 is 10.2 Å². The third-order valence-electron chi connectivity index (χ3n) is 1.63. The van der Waals surface area contributed by atoms with Gasteiger partial charge < -0.3 is 0 Å². The first-order valence-corrected chi connectivity index (χ1v) is 6.74. The van der Waals surface area contributed by atoms with Crippen molar-refractivity contribution in [2.45, 2.75) is 19.8 Å². The standard InChI is InChI=1S/C7H14N4O2S2/c1-4-5-6-8-9-7(14-6)10-15(12,13)11(2)3/h4-5H2,1-3H3,(H,9,10). The number of aryl methyl sites for hydroxylation is 1. The van der Waals surface area contributed by atoms with Gasteiger partial charge in [-0.1, -0.05) is 18.3 Å². The summed E-state index contributed by atoms with van der Waals surface area (Å²) in [6, 6.07) is 0. The molecule has 0 unspecified atom stereocenters. The second-order valence-electron chi connectivity index (χ2n) is 3.14. The van der Waals surface area contributed by atoms with Crippen LogP contribution in [0.2, 0.25) is 0 Å². The van der Waals surface area contributed by atoms with E-state index in [2.05, 4.69) is 14.9 Å². The van der Waals surface area contributed by atoms with Gasteiger partial charge in [0.05, 0.1) is 0 Å². The summed E-state index contributed by atoms with van der Waals surface area (Å²) in [6.07, 6.45) is 1.79. The molecule has 0 fully saturated rings. The normalized spacial score (nSPS) is 12.0. The summed E-state index contributed by atoms with van der Waals surface area (Å²) in [6.45, 7) is 2.03. The van der Waals surface area contributed by atoms with Crippen LogP contribution in [0.15, 0.2) is 0 Å². The van der Waals surface area contributed by atoms with Crippen molar-refractivity contribution < 1.29 is 8.42 Å². The van der Waals surface area contributed by atoms with Crippen LogP contribution in [0.1, 0.15) is 18.4 Å². The van der Waals surface area contributed by atoms with E-state index in [9.17, 15) is 8.42 Å². The Morgan fingerprint density at radius 3 is 2.60 bits per heavy atom. The van der Waals surface area contributed by atoms with Gasteiger partial charge in [0.15, 0.2) is 0 Å². The first kappa shape index (κ1) is 12.3. The molecule has 1 heterocycles. The fourth-order valence-corrected chi connectivity index (χ4v) is 2.43. The largest absolute Gasteiger partial charge is 0.302 e. The van der Waals surface area contributed by atoms with E-state index in [0.29, 0.717) is 5.13 Å².